The standard InChI is InChI=1S/C20H31BN4O7/c22-10-15(23)19(28)24-13-6-4-11(5-7-13)8-17(26)25-16(21(31)32)9-12-2-1-3-14(18(12)27)20(29)30/h1-3,11,13,15-16,27,31-32H,4-10,22-23H2,(H,24,28)(H,25,26)(H,29,30)/t11?,13?,15-,16-/m0/s1. The Balaban J connectivity index is 1.88. The maximum atomic E-state index is 12.5. The van der Waals surface area contributed by atoms with Gasteiger partial charge in [0.15, 0.2) is 0 Å². The van der Waals surface area contributed by atoms with Gasteiger partial charge in [-0.15, -0.1) is 0 Å². The molecule has 0 spiro atoms. The number of nitrogens with two attached hydrogens (primary N) is 2. The highest BCUT2D eigenvalue weighted by Gasteiger charge is 2.30. The fourth-order valence-electron chi connectivity index (χ4n) is 3.85. The van der Waals surface area contributed by atoms with Gasteiger partial charge in [-0.2, -0.15) is 0 Å². The number of benzene rings is 1. The summed E-state index contributed by atoms with van der Waals surface area (Å²) >= 11 is 0. The van der Waals surface area contributed by atoms with Gasteiger partial charge in [-0.3, -0.25) is 9.59 Å². The zero-order valence-corrected chi connectivity index (χ0v) is 17.7. The number of rotatable bonds is 10. The Hall–Kier alpha value is -2.67. The lowest BCUT2D eigenvalue weighted by atomic mass is 9.75. The molecule has 176 valence electrons. The predicted octanol–water partition coefficient (Wildman–Crippen LogP) is -1.52. The van der Waals surface area contributed by atoms with Crippen LogP contribution in [0.2, 0.25) is 0 Å². The molecule has 1 aliphatic carbocycles. The van der Waals surface area contributed by atoms with E-state index < -0.39 is 30.8 Å². The van der Waals surface area contributed by atoms with Gasteiger partial charge in [0.25, 0.3) is 0 Å². The van der Waals surface area contributed by atoms with Crippen LogP contribution in [0.25, 0.3) is 0 Å². The summed E-state index contributed by atoms with van der Waals surface area (Å²) < 4.78 is 0. The van der Waals surface area contributed by atoms with Crippen molar-refractivity contribution >= 4 is 24.9 Å². The lowest BCUT2D eigenvalue weighted by molar-refractivity contribution is -0.124. The van der Waals surface area contributed by atoms with E-state index >= 15 is 0 Å². The number of amides is 2. The predicted molar refractivity (Wildman–Crippen MR) is 116 cm³/mol. The third-order valence-corrected chi connectivity index (χ3v) is 5.75. The Morgan fingerprint density at radius 3 is 2.38 bits per heavy atom. The number of phenols is 1. The van der Waals surface area contributed by atoms with Crippen LogP contribution in [0.5, 0.6) is 5.75 Å². The van der Waals surface area contributed by atoms with Crippen molar-refractivity contribution in [1.29, 1.82) is 0 Å². The van der Waals surface area contributed by atoms with Gasteiger partial charge < -0.3 is 42.4 Å². The van der Waals surface area contributed by atoms with Crippen molar-refractivity contribution in [3.05, 3.63) is 29.3 Å². The molecule has 32 heavy (non-hydrogen) atoms. The maximum Gasteiger partial charge on any atom is 0.475 e. The van der Waals surface area contributed by atoms with Crippen molar-refractivity contribution in [2.75, 3.05) is 6.54 Å². The van der Waals surface area contributed by atoms with Crippen LogP contribution in [0.3, 0.4) is 0 Å². The monoisotopic (exact) mass is 450 g/mol. The molecule has 10 N–H and O–H groups in total. The molecule has 0 unspecified atom stereocenters. The second-order valence-corrected chi connectivity index (χ2v) is 8.18. The van der Waals surface area contributed by atoms with Crippen molar-refractivity contribution < 1.29 is 34.6 Å². The first-order chi connectivity index (χ1) is 15.1. The summed E-state index contributed by atoms with van der Waals surface area (Å²) in [4.78, 5) is 35.5. The van der Waals surface area contributed by atoms with E-state index in [-0.39, 0.29) is 54.3 Å². The van der Waals surface area contributed by atoms with Gasteiger partial charge in [-0.05, 0) is 49.7 Å². The van der Waals surface area contributed by atoms with Crippen LogP contribution < -0.4 is 22.1 Å². The summed E-state index contributed by atoms with van der Waals surface area (Å²) in [6, 6.07) is 3.35. The highest BCUT2D eigenvalue weighted by atomic mass is 16.4. The SMILES string of the molecule is NC[C@H](N)C(=O)NC1CCC(CC(=O)N[C@@H](Cc2cccc(C(=O)O)c2O)B(O)O)CC1. The van der Waals surface area contributed by atoms with Gasteiger partial charge >= 0.3 is 13.1 Å². The zero-order chi connectivity index (χ0) is 23.8. The van der Waals surface area contributed by atoms with Crippen molar-refractivity contribution in [3.63, 3.8) is 0 Å². The molecule has 2 rings (SSSR count). The summed E-state index contributed by atoms with van der Waals surface area (Å²) in [6.45, 7) is 0.0671. The van der Waals surface area contributed by atoms with Crippen LogP contribution in [0.15, 0.2) is 18.2 Å². The molecule has 1 fully saturated rings. The molecule has 2 atom stereocenters. The zero-order valence-electron chi connectivity index (χ0n) is 17.7. The van der Waals surface area contributed by atoms with Crippen LogP contribution in [-0.4, -0.2) is 69.7 Å². The molecule has 0 aromatic heterocycles. The summed E-state index contributed by atoms with van der Waals surface area (Å²) in [5.41, 5.74) is 10.9. The van der Waals surface area contributed by atoms with Crippen molar-refractivity contribution in [3.8, 4) is 5.75 Å². The summed E-state index contributed by atoms with van der Waals surface area (Å²) in [5.74, 6) is -3.50. The third-order valence-electron chi connectivity index (χ3n) is 5.75. The van der Waals surface area contributed by atoms with E-state index in [9.17, 15) is 29.5 Å². The van der Waals surface area contributed by atoms with Gasteiger partial charge in [-0.25, -0.2) is 4.79 Å². The normalized spacial score (nSPS) is 20.1. The molecule has 1 aromatic carbocycles. The molecule has 11 nitrogen and oxygen atoms in total. The minimum atomic E-state index is -1.90. The van der Waals surface area contributed by atoms with E-state index in [0.29, 0.717) is 25.7 Å². The number of carboxylic acids is 1. The van der Waals surface area contributed by atoms with E-state index in [2.05, 4.69) is 10.6 Å². The molecule has 0 saturated heterocycles. The van der Waals surface area contributed by atoms with E-state index in [1.807, 2.05) is 0 Å². The number of carboxylic acid groups (broad SMARTS) is 1. The van der Waals surface area contributed by atoms with Crippen LogP contribution in [-0.2, 0) is 16.0 Å². The quantitative estimate of drug-likeness (QED) is 0.194. The first kappa shape index (κ1) is 25.6. The smallest absolute Gasteiger partial charge is 0.475 e. The van der Waals surface area contributed by atoms with Gasteiger partial charge in [0.1, 0.15) is 11.3 Å². The average molecular weight is 450 g/mol. The molecule has 1 aromatic rings. The first-order valence-electron chi connectivity index (χ1n) is 10.6. The fraction of sp³-hybridized carbons (Fsp3) is 0.550. The Labute approximate surface area is 186 Å². The Morgan fingerprint density at radius 1 is 1.16 bits per heavy atom. The molecule has 12 heteroatoms. The molecular weight excluding hydrogens is 419 g/mol. The molecule has 0 heterocycles. The number of aromatic carboxylic acids is 1. The topological polar surface area (TPSA) is 208 Å². The lowest BCUT2D eigenvalue weighted by Crippen LogP contribution is -2.50. The van der Waals surface area contributed by atoms with Crippen molar-refractivity contribution in [1.82, 2.24) is 10.6 Å². The number of hydrogen-bond donors (Lipinski definition) is 8. The van der Waals surface area contributed by atoms with Crippen molar-refractivity contribution in [2.45, 2.75) is 56.5 Å². The maximum absolute atomic E-state index is 12.5. The van der Waals surface area contributed by atoms with Gasteiger partial charge in [0.2, 0.25) is 11.8 Å². The Bertz CT molecular complexity index is 815. The molecule has 0 bridgehead atoms. The number of para-hydroxylation sites is 1. The molecule has 0 radical (unpaired) electrons. The molecule has 0 aliphatic heterocycles. The largest absolute Gasteiger partial charge is 0.507 e. The second-order valence-electron chi connectivity index (χ2n) is 8.18. The van der Waals surface area contributed by atoms with E-state index in [0.717, 1.165) is 0 Å². The Kier molecular flexibility index (Phi) is 9.45. The van der Waals surface area contributed by atoms with Gasteiger partial charge in [0.05, 0.1) is 12.0 Å². The number of carbonyl (C=O) groups excluding carboxylic acids is 2. The fourth-order valence-corrected chi connectivity index (χ4v) is 3.85. The minimum Gasteiger partial charge on any atom is -0.507 e. The third kappa shape index (κ3) is 7.19. The highest BCUT2D eigenvalue weighted by molar-refractivity contribution is 6.43. The van der Waals surface area contributed by atoms with Crippen LogP contribution >= 0.6 is 0 Å². The highest BCUT2D eigenvalue weighted by Crippen LogP contribution is 2.27. The van der Waals surface area contributed by atoms with Crippen LogP contribution in [0.1, 0.15) is 48.0 Å². The molecule has 2 amide bonds. The number of carbonyl (C=O) groups is 3. The average Bonchev–Trinajstić information content (AvgIpc) is 2.74. The van der Waals surface area contributed by atoms with E-state index in [1.54, 1.807) is 0 Å². The summed E-state index contributed by atoms with van der Waals surface area (Å²) in [7, 11) is -1.90. The summed E-state index contributed by atoms with van der Waals surface area (Å²) in [5, 5.41) is 44.0. The van der Waals surface area contributed by atoms with E-state index in [1.165, 1.54) is 18.2 Å². The van der Waals surface area contributed by atoms with Crippen molar-refractivity contribution in [2.24, 2.45) is 17.4 Å². The molecule has 1 saturated carbocycles. The second kappa shape index (κ2) is 11.8. The van der Waals surface area contributed by atoms with Gasteiger partial charge in [0, 0.05) is 19.0 Å². The first-order valence-corrected chi connectivity index (χ1v) is 10.6. The summed E-state index contributed by atoms with van der Waals surface area (Å²) in [6.07, 6.45) is 2.84. The minimum absolute atomic E-state index is 0.0177. The van der Waals surface area contributed by atoms with Crippen LogP contribution in [0, 0.1) is 5.92 Å². The van der Waals surface area contributed by atoms with Crippen LogP contribution in [0.4, 0.5) is 0 Å². The lowest BCUT2D eigenvalue weighted by Gasteiger charge is -2.30. The number of nitrogens with one attached hydrogen (secondary N) is 2. The molecular formula is C20H31BN4O7. The van der Waals surface area contributed by atoms with Gasteiger partial charge in [-0.1, -0.05) is 12.1 Å². The molecule has 1 aliphatic rings. The van der Waals surface area contributed by atoms with E-state index in [4.69, 9.17) is 16.6 Å². The number of hydrogen-bond acceptors (Lipinski definition) is 8. The Morgan fingerprint density at radius 2 is 1.81 bits per heavy atom. The number of aromatic hydroxyl groups is 1.